The van der Waals surface area contributed by atoms with Crippen LogP contribution >= 0.6 is 0 Å². The van der Waals surface area contributed by atoms with E-state index in [0.717, 1.165) is 11.4 Å². The summed E-state index contributed by atoms with van der Waals surface area (Å²) in [6.45, 7) is 0. The summed E-state index contributed by atoms with van der Waals surface area (Å²) in [7, 11) is 0. The number of hydrogen-bond donors (Lipinski definition) is 1. The van der Waals surface area contributed by atoms with E-state index in [0.29, 0.717) is 11.6 Å². The fraction of sp³-hybridized carbons (Fsp3) is 0.240. The van der Waals surface area contributed by atoms with E-state index in [9.17, 15) is 4.79 Å². The molecule has 30 heavy (non-hydrogen) atoms. The van der Waals surface area contributed by atoms with Crippen molar-refractivity contribution >= 4 is 11.4 Å². The molecule has 1 aliphatic rings. The highest BCUT2D eigenvalue weighted by Crippen LogP contribution is 2.32. The van der Waals surface area contributed by atoms with Crippen molar-refractivity contribution in [3.05, 3.63) is 101 Å². The SMILES string of the molecule is NC=CC(=Nc1ccccc1)c1nn(-c2ccc(C3CCCCC3)cc2)ccc1=O. The quantitative estimate of drug-likeness (QED) is 0.623. The molecule has 2 N–H and O–H groups in total. The summed E-state index contributed by atoms with van der Waals surface area (Å²) < 4.78 is 1.71. The molecule has 0 atom stereocenters. The third-order valence-electron chi connectivity index (χ3n) is 5.54. The molecule has 3 aromatic rings. The standard InChI is InChI=1S/C25H26N4O/c26-17-15-23(27-21-9-5-2-6-10-21)25-24(30)16-18-29(28-25)22-13-11-20(12-14-22)19-7-3-1-4-8-19/h2,5-6,9-19H,1,3-4,7-8,26H2. The third kappa shape index (κ3) is 4.57. The molecule has 1 aromatic heterocycles. The lowest BCUT2D eigenvalue weighted by molar-refractivity contribution is 0.443. The molecular weight excluding hydrogens is 372 g/mol. The van der Waals surface area contributed by atoms with E-state index in [4.69, 9.17) is 5.73 Å². The van der Waals surface area contributed by atoms with E-state index >= 15 is 0 Å². The topological polar surface area (TPSA) is 73.3 Å². The van der Waals surface area contributed by atoms with Crippen molar-refractivity contribution < 1.29 is 0 Å². The smallest absolute Gasteiger partial charge is 0.209 e. The van der Waals surface area contributed by atoms with Crippen molar-refractivity contribution in [3.63, 3.8) is 0 Å². The Bertz CT molecular complexity index is 1090. The van der Waals surface area contributed by atoms with Crippen LogP contribution in [0.25, 0.3) is 5.69 Å². The number of aliphatic imine (C=N–C) groups is 1. The number of para-hydroxylation sites is 1. The number of nitrogens with two attached hydrogens (primary N) is 1. The molecule has 1 aliphatic carbocycles. The van der Waals surface area contributed by atoms with E-state index in [-0.39, 0.29) is 11.1 Å². The number of hydrogen-bond acceptors (Lipinski definition) is 4. The van der Waals surface area contributed by atoms with Crippen LogP contribution in [0.4, 0.5) is 5.69 Å². The zero-order chi connectivity index (χ0) is 20.8. The minimum absolute atomic E-state index is 0.196. The van der Waals surface area contributed by atoms with Crippen LogP contribution in [0.3, 0.4) is 0 Å². The summed E-state index contributed by atoms with van der Waals surface area (Å²) in [6.07, 6.45) is 11.2. The van der Waals surface area contributed by atoms with Gasteiger partial charge in [0.1, 0.15) is 0 Å². The maximum Gasteiger partial charge on any atom is 0.209 e. The second kappa shape index (κ2) is 9.35. The van der Waals surface area contributed by atoms with Crippen molar-refractivity contribution in [2.45, 2.75) is 38.0 Å². The zero-order valence-electron chi connectivity index (χ0n) is 16.9. The van der Waals surface area contributed by atoms with Crippen molar-refractivity contribution in [2.75, 3.05) is 0 Å². The Hall–Kier alpha value is -3.47. The molecule has 0 spiro atoms. The molecule has 0 unspecified atom stereocenters. The van der Waals surface area contributed by atoms with Crippen LogP contribution in [0.2, 0.25) is 0 Å². The maximum atomic E-state index is 12.5. The van der Waals surface area contributed by atoms with Crippen LogP contribution < -0.4 is 11.2 Å². The Balaban J connectivity index is 1.67. The van der Waals surface area contributed by atoms with Crippen molar-refractivity contribution in [2.24, 2.45) is 10.7 Å². The van der Waals surface area contributed by atoms with Crippen LogP contribution in [0.1, 0.15) is 49.3 Å². The molecule has 5 heteroatoms. The molecule has 2 aromatic carbocycles. The second-order valence-electron chi connectivity index (χ2n) is 7.59. The summed E-state index contributed by atoms with van der Waals surface area (Å²) in [4.78, 5) is 17.1. The van der Waals surface area contributed by atoms with E-state index in [2.05, 4.69) is 34.4 Å². The zero-order valence-corrected chi connectivity index (χ0v) is 16.9. The van der Waals surface area contributed by atoms with Gasteiger partial charge in [0, 0.05) is 12.3 Å². The Labute approximate surface area is 176 Å². The van der Waals surface area contributed by atoms with Crippen molar-refractivity contribution in [1.82, 2.24) is 9.78 Å². The highest BCUT2D eigenvalue weighted by Gasteiger charge is 2.15. The molecule has 0 bridgehead atoms. The molecule has 0 amide bonds. The van der Waals surface area contributed by atoms with Gasteiger partial charge in [0.2, 0.25) is 5.43 Å². The maximum absolute atomic E-state index is 12.5. The van der Waals surface area contributed by atoms with Gasteiger partial charge >= 0.3 is 0 Å². The fourth-order valence-electron chi connectivity index (χ4n) is 3.97. The molecule has 1 saturated carbocycles. The molecule has 1 heterocycles. The average Bonchev–Trinajstić information content (AvgIpc) is 2.81. The highest BCUT2D eigenvalue weighted by atomic mass is 16.1. The van der Waals surface area contributed by atoms with Crippen molar-refractivity contribution in [1.29, 1.82) is 0 Å². The van der Waals surface area contributed by atoms with Gasteiger partial charge in [-0.15, -0.1) is 0 Å². The first kappa shape index (κ1) is 19.8. The van der Waals surface area contributed by atoms with E-state index in [1.165, 1.54) is 49.9 Å². The second-order valence-corrected chi connectivity index (χ2v) is 7.59. The molecule has 1 fully saturated rings. The lowest BCUT2D eigenvalue weighted by atomic mass is 9.84. The van der Waals surface area contributed by atoms with E-state index < -0.39 is 0 Å². The lowest BCUT2D eigenvalue weighted by Gasteiger charge is -2.22. The largest absolute Gasteiger partial charge is 0.405 e. The van der Waals surface area contributed by atoms with Gasteiger partial charge in [-0.25, -0.2) is 9.67 Å². The minimum Gasteiger partial charge on any atom is -0.405 e. The summed E-state index contributed by atoms with van der Waals surface area (Å²) in [6, 6.07) is 19.5. The van der Waals surface area contributed by atoms with Gasteiger partial charge in [-0.1, -0.05) is 49.6 Å². The Kier molecular flexibility index (Phi) is 6.18. The number of aromatic nitrogens is 2. The molecule has 0 aliphatic heterocycles. The van der Waals surface area contributed by atoms with Gasteiger partial charge in [0.15, 0.2) is 5.69 Å². The van der Waals surface area contributed by atoms with Gasteiger partial charge in [-0.2, -0.15) is 5.10 Å². The Morgan fingerprint density at radius 3 is 2.43 bits per heavy atom. The lowest BCUT2D eigenvalue weighted by Crippen LogP contribution is -2.20. The summed E-state index contributed by atoms with van der Waals surface area (Å²) in [5, 5.41) is 4.57. The number of rotatable bonds is 5. The molecule has 0 saturated heterocycles. The summed E-state index contributed by atoms with van der Waals surface area (Å²) >= 11 is 0. The predicted octanol–water partition coefficient (Wildman–Crippen LogP) is 4.87. The fourth-order valence-corrected chi connectivity index (χ4v) is 3.97. The molecule has 0 radical (unpaired) electrons. The molecule has 4 rings (SSSR count). The Morgan fingerprint density at radius 2 is 1.73 bits per heavy atom. The first-order valence-electron chi connectivity index (χ1n) is 10.5. The van der Waals surface area contributed by atoms with Crippen LogP contribution in [-0.4, -0.2) is 15.5 Å². The summed E-state index contributed by atoms with van der Waals surface area (Å²) in [5.74, 6) is 0.657. The normalized spacial score (nSPS) is 15.5. The average molecular weight is 399 g/mol. The highest BCUT2D eigenvalue weighted by molar-refractivity contribution is 6.08. The predicted molar refractivity (Wildman–Crippen MR) is 122 cm³/mol. The monoisotopic (exact) mass is 398 g/mol. The minimum atomic E-state index is -0.196. The van der Waals surface area contributed by atoms with Gasteiger partial charge in [0.05, 0.1) is 17.1 Å². The molecular formula is C25H26N4O. The Morgan fingerprint density at radius 1 is 1.00 bits per heavy atom. The number of nitrogens with zero attached hydrogens (tertiary/aromatic N) is 3. The molecule has 5 nitrogen and oxygen atoms in total. The third-order valence-corrected chi connectivity index (χ3v) is 5.54. The van der Waals surface area contributed by atoms with Gasteiger partial charge in [-0.05, 0) is 60.9 Å². The van der Waals surface area contributed by atoms with Gasteiger partial charge in [-0.3, -0.25) is 4.79 Å². The van der Waals surface area contributed by atoms with Gasteiger partial charge in [0.25, 0.3) is 0 Å². The van der Waals surface area contributed by atoms with Crippen LogP contribution in [-0.2, 0) is 0 Å². The summed E-state index contributed by atoms with van der Waals surface area (Å²) in [5.41, 5.74) is 9.14. The number of benzene rings is 2. The van der Waals surface area contributed by atoms with Crippen LogP contribution in [0.15, 0.2) is 88.9 Å². The first-order chi connectivity index (χ1) is 14.7. The van der Waals surface area contributed by atoms with E-state index in [1.807, 2.05) is 30.3 Å². The van der Waals surface area contributed by atoms with Gasteiger partial charge < -0.3 is 5.73 Å². The number of allylic oxidation sites excluding steroid dienone is 1. The first-order valence-corrected chi connectivity index (χ1v) is 10.5. The van der Waals surface area contributed by atoms with Crippen LogP contribution in [0.5, 0.6) is 0 Å². The molecule has 152 valence electrons. The van der Waals surface area contributed by atoms with Crippen molar-refractivity contribution in [3.8, 4) is 5.69 Å². The van der Waals surface area contributed by atoms with E-state index in [1.54, 1.807) is 17.0 Å². The van der Waals surface area contributed by atoms with Crippen LogP contribution in [0, 0.1) is 0 Å².